The normalized spacial score (nSPS) is 15.0. The Bertz CT molecular complexity index is 528. The van der Waals surface area contributed by atoms with Crippen LogP contribution in [-0.2, 0) is 4.79 Å². The van der Waals surface area contributed by atoms with Gasteiger partial charge >= 0.3 is 12.2 Å². The minimum absolute atomic E-state index is 0.197. The Hall–Kier alpha value is -2.25. The highest BCUT2D eigenvalue weighted by molar-refractivity contribution is 5.95. The largest absolute Gasteiger partial charge is 0.389 e. The smallest absolute Gasteiger partial charge is 0.336 e. The van der Waals surface area contributed by atoms with Gasteiger partial charge in [-0.05, 0) is 24.3 Å². The van der Waals surface area contributed by atoms with Gasteiger partial charge in [-0.25, -0.2) is 4.79 Å². The Morgan fingerprint density at radius 2 is 1.95 bits per heavy atom. The molecule has 1 fully saturated rings. The molecule has 2 rings (SSSR count). The van der Waals surface area contributed by atoms with Crippen molar-refractivity contribution in [2.45, 2.75) is 19.0 Å². The molecule has 5 nitrogen and oxygen atoms in total. The number of alkyl halides is 3. The number of nitrogens with one attached hydrogen (secondary N) is 2. The first-order chi connectivity index (χ1) is 9.85. The molecule has 114 valence electrons. The average Bonchev–Trinajstić information content (AvgIpc) is 2.83. The lowest BCUT2D eigenvalue weighted by atomic mass is 10.2. The zero-order valence-corrected chi connectivity index (χ0v) is 11.0. The summed E-state index contributed by atoms with van der Waals surface area (Å²) in [6, 6.07) is 6.16. The average molecular weight is 301 g/mol. The zero-order valence-electron chi connectivity index (χ0n) is 11.0. The molecular weight excluding hydrogens is 287 g/mol. The van der Waals surface area contributed by atoms with E-state index < -0.39 is 24.9 Å². The quantitative estimate of drug-likeness (QED) is 0.897. The fourth-order valence-corrected chi connectivity index (χ4v) is 1.92. The topological polar surface area (TPSA) is 61.4 Å². The fourth-order valence-electron chi connectivity index (χ4n) is 1.92. The van der Waals surface area contributed by atoms with Crippen LogP contribution in [0.5, 0.6) is 0 Å². The van der Waals surface area contributed by atoms with Crippen LogP contribution in [0.4, 0.5) is 29.3 Å². The number of amides is 3. The first-order valence-electron chi connectivity index (χ1n) is 6.37. The van der Waals surface area contributed by atoms with E-state index in [9.17, 15) is 22.8 Å². The zero-order chi connectivity index (χ0) is 15.5. The molecule has 21 heavy (non-hydrogen) atoms. The number of urea groups is 1. The summed E-state index contributed by atoms with van der Waals surface area (Å²) in [5.41, 5.74) is 1.06. The molecule has 0 unspecified atom stereocenters. The molecule has 1 aliphatic heterocycles. The van der Waals surface area contributed by atoms with Crippen LogP contribution in [0.1, 0.15) is 12.8 Å². The highest BCUT2D eigenvalue weighted by Gasteiger charge is 2.28. The molecule has 1 aromatic carbocycles. The van der Waals surface area contributed by atoms with Crippen molar-refractivity contribution in [3.63, 3.8) is 0 Å². The number of rotatable bonds is 4. The second-order valence-corrected chi connectivity index (χ2v) is 4.59. The van der Waals surface area contributed by atoms with Crippen molar-refractivity contribution in [3.05, 3.63) is 24.3 Å². The molecule has 0 spiro atoms. The van der Waals surface area contributed by atoms with Gasteiger partial charge in [0.2, 0.25) is 5.91 Å². The second-order valence-electron chi connectivity index (χ2n) is 4.59. The number of nitrogens with zero attached hydrogens (tertiary/aromatic N) is 1. The van der Waals surface area contributed by atoms with E-state index in [1.807, 2.05) is 0 Å². The molecule has 0 aromatic heterocycles. The molecule has 0 aliphatic carbocycles. The highest BCUT2D eigenvalue weighted by atomic mass is 19.4. The monoisotopic (exact) mass is 301 g/mol. The van der Waals surface area contributed by atoms with Gasteiger partial charge in [-0.15, -0.1) is 0 Å². The summed E-state index contributed by atoms with van der Waals surface area (Å²) in [6.45, 7) is 1.12. The molecule has 1 saturated heterocycles. The molecular formula is C13H14F3N3O2. The van der Waals surface area contributed by atoms with E-state index in [1.165, 1.54) is 4.90 Å². The molecule has 0 bridgehead atoms. The number of carbonyl (C=O) groups excluding carboxylic acids is 2. The van der Waals surface area contributed by atoms with Gasteiger partial charge in [-0.2, -0.15) is 13.2 Å². The third-order valence-corrected chi connectivity index (χ3v) is 2.96. The van der Waals surface area contributed by atoms with E-state index in [0.29, 0.717) is 24.5 Å². The second kappa shape index (κ2) is 6.02. The summed E-state index contributed by atoms with van der Waals surface area (Å²) >= 11 is 0. The Balaban J connectivity index is 1.90. The molecule has 0 saturated carbocycles. The summed E-state index contributed by atoms with van der Waals surface area (Å²) < 4.78 is 36.0. The maximum absolute atomic E-state index is 12.0. The summed E-state index contributed by atoms with van der Waals surface area (Å²) in [5, 5.41) is 5.04. The fraction of sp³-hybridized carbons (Fsp3) is 0.385. The van der Waals surface area contributed by atoms with Gasteiger partial charge in [0.1, 0.15) is 0 Å². The Morgan fingerprint density at radius 1 is 1.29 bits per heavy atom. The first-order valence-corrected chi connectivity index (χ1v) is 6.37. The minimum atomic E-state index is -4.34. The van der Waals surface area contributed by atoms with Crippen molar-refractivity contribution in [2.24, 2.45) is 0 Å². The van der Waals surface area contributed by atoms with Gasteiger partial charge in [-0.3, -0.25) is 9.69 Å². The predicted molar refractivity (Wildman–Crippen MR) is 71.1 cm³/mol. The minimum Gasteiger partial charge on any atom is -0.336 e. The maximum atomic E-state index is 12.0. The number of anilines is 2. The van der Waals surface area contributed by atoms with Crippen molar-refractivity contribution >= 4 is 23.3 Å². The van der Waals surface area contributed by atoms with E-state index in [4.69, 9.17) is 0 Å². The van der Waals surface area contributed by atoms with Crippen LogP contribution < -0.4 is 15.5 Å². The summed E-state index contributed by atoms with van der Waals surface area (Å²) in [7, 11) is 0. The standard InChI is InChI=1S/C13H14F3N3O2/c14-13(15,16)6-5-11(20)18-9-1-3-10(4-2-9)19-8-7-17-12(19)21/h1-4H,5-8H2,(H,17,21)(H,18,20). The Morgan fingerprint density at radius 3 is 2.48 bits per heavy atom. The lowest BCUT2D eigenvalue weighted by molar-refractivity contribution is -0.142. The van der Waals surface area contributed by atoms with Gasteiger partial charge in [0.05, 0.1) is 6.42 Å². The van der Waals surface area contributed by atoms with Crippen molar-refractivity contribution in [2.75, 3.05) is 23.3 Å². The number of hydrogen-bond acceptors (Lipinski definition) is 2. The van der Waals surface area contributed by atoms with Crippen LogP contribution in [0.15, 0.2) is 24.3 Å². The third-order valence-electron chi connectivity index (χ3n) is 2.96. The van der Waals surface area contributed by atoms with Crippen molar-refractivity contribution in [3.8, 4) is 0 Å². The van der Waals surface area contributed by atoms with E-state index in [-0.39, 0.29) is 6.03 Å². The number of halogens is 3. The number of carbonyl (C=O) groups is 2. The van der Waals surface area contributed by atoms with Crippen molar-refractivity contribution < 1.29 is 22.8 Å². The molecule has 0 atom stereocenters. The van der Waals surface area contributed by atoms with E-state index in [1.54, 1.807) is 24.3 Å². The van der Waals surface area contributed by atoms with Crippen LogP contribution in [0.25, 0.3) is 0 Å². The van der Waals surface area contributed by atoms with Gasteiger partial charge < -0.3 is 10.6 Å². The Labute approximate surface area is 119 Å². The first kappa shape index (κ1) is 15.1. The molecule has 0 radical (unpaired) electrons. The van der Waals surface area contributed by atoms with Crippen molar-refractivity contribution in [1.82, 2.24) is 5.32 Å². The summed E-state index contributed by atoms with van der Waals surface area (Å²) in [6.07, 6.45) is -6.10. The number of hydrogen-bond donors (Lipinski definition) is 2. The predicted octanol–water partition coefficient (Wildman–Crippen LogP) is 2.50. The van der Waals surface area contributed by atoms with Gasteiger partial charge in [0, 0.05) is 30.9 Å². The number of benzene rings is 1. The highest BCUT2D eigenvalue weighted by Crippen LogP contribution is 2.22. The van der Waals surface area contributed by atoms with Crippen LogP contribution >= 0.6 is 0 Å². The van der Waals surface area contributed by atoms with Gasteiger partial charge in [-0.1, -0.05) is 0 Å². The van der Waals surface area contributed by atoms with Crippen LogP contribution in [-0.4, -0.2) is 31.2 Å². The van der Waals surface area contributed by atoms with E-state index >= 15 is 0 Å². The molecule has 1 heterocycles. The molecule has 2 N–H and O–H groups in total. The SMILES string of the molecule is O=C(CCC(F)(F)F)Nc1ccc(N2CCNC2=O)cc1. The summed E-state index contributed by atoms with van der Waals surface area (Å²) in [5.74, 6) is -0.695. The van der Waals surface area contributed by atoms with Crippen LogP contribution in [0.2, 0.25) is 0 Å². The van der Waals surface area contributed by atoms with Gasteiger partial charge in [0.15, 0.2) is 0 Å². The summed E-state index contributed by atoms with van der Waals surface area (Å²) in [4.78, 5) is 24.4. The van der Waals surface area contributed by atoms with Crippen LogP contribution in [0, 0.1) is 0 Å². The molecule has 8 heteroatoms. The van der Waals surface area contributed by atoms with E-state index in [2.05, 4.69) is 10.6 Å². The van der Waals surface area contributed by atoms with E-state index in [0.717, 1.165) is 0 Å². The van der Waals surface area contributed by atoms with Gasteiger partial charge in [0.25, 0.3) is 0 Å². The lowest BCUT2D eigenvalue weighted by Gasteiger charge is -2.14. The molecule has 3 amide bonds. The van der Waals surface area contributed by atoms with Crippen LogP contribution in [0.3, 0.4) is 0 Å². The van der Waals surface area contributed by atoms with Crippen molar-refractivity contribution in [1.29, 1.82) is 0 Å². The Kier molecular flexibility index (Phi) is 4.35. The lowest BCUT2D eigenvalue weighted by Crippen LogP contribution is -2.27. The molecule has 1 aromatic rings. The maximum Gasteiger partial charge on any atom is 0.389 e. The molecule has 1 aliphatic rings. The third kappa shape index (κ3) is 4.37.